The summed E-state index contributed by atoms with van der Waals surface area (Å²) in [7, 11) is 2.08. The van der Waals surface area contributed by atoms with E-state index in [1.165, 1.54) is 5.56 Å². The molecule has 1 aliphatic heterocycles. The molecule has 1 aromatic carbocycles. The molecule has 3 nitrogen and oxygen atoms in total. The van der Waals surface area contributed by atoms with E-state index in [-0.39, 0.29) is 11.8 Å². The molecule has 18 heavy (non-hydrogen) atoms. The van der Waals surface area contributed by atoms with E-state index in [0.29, 0.717) is 0 Å². The molecule has 3 heteroatoms. The molecule has 1 aromatic rings. The molecule has 2 rings (SSSR count). The van der Waals surface area contributed by atoms with Crippen LogP contribution in [0.25, 0.3) is 0 Å². The van der Waals surface area contributed by atoms with E-state index in [2.05, 4.69) is 30.3 Å². The van der Waals surface area contributed by atoms with E-state index < -0.39 is 0 Å². The van der Waals surface area contributed by atoms with Crippen LogP contribution < -0.4 is 5.32 Å². The standard InChI is InChI=1S/C15H22N2O/c1-11-6-7-14(12(2)9-11)16-15(18)13-5-4-8-17(3)10-13/h6-7,9,13H,4-5,8,10H2,1-3H3,(H,16,18)/t13-/m0/s1. The summed E-state index contributed by atoms with van der Waals surface area (Å²) in [5.41, 5.74) is 3.30. The average molecular weight is 246 g/mol. The number of piperidine rings is 1. The first kappa shape index (κ1) is 13.1. The number of anilines is 1. The zero-order valence-electron chi connectivity index (χ0n) is 11.5. The Morgan fingerprint density at radius 2 is 2.17 bits per heavy atom. The molecule has 0 radical (unpaired) electrons. The van der Waals surface area contributed by atoms with E-state index in [9.17, 15) is 4.79 Å². The maximum absolute atomic E-state index is 12.2. The number of carbonyl (C=O) groups excluding carboxylic acids is 1. The average Bonchev–Trinajstić information content (AvgIpc) is 2.32. The van der Waals surface area contributed by atoms with Gasteiger partial charge in [-0.25, -0.2) is 0 Å². The van der Waals surface area contributed by atoms with Crippen molar-refractivity contribution in [2.75, 3.05) is 25.5 Å². The highest BCUT2D eigenvalue weighted by Crippen LogP contribution is 2.20. The number of likely N-dealkylation sites (tertiary alicyclic amines) is 1. The van der Waals surface area contributed by atoms with Crippen LogP contribution in [0.4, 0.5) is 5.69 Å². The first-order chi connectivity index (χ1) is 8.56. The number of carbonyl (C=O) groups is 1. The minimum atomic E-state index is 0.129. The summed E-state index contributed by atoms with van der Waals surface area (Å²) in [5.74, 6) is 0.290. The third-order valence-electron chi connectivity index (χ3n) is 3.64. The van der Waals surface area contributed by atoms with E-state index in [0.717, 1.165) is 37.2 Å². The number of rotatable bonds is 2. The minimum Gasteiger partial charge on any atom is -0.326 e. The summed E-state index contributed by atoms with van der Waals surface area (Å²) in [6, 6.07) is 6.13. The maximum atomic E-state index is 12.2. The third kappa shape index (κ3) is 3.10. The molecule has 1 fully saturated rings. The molecule has 0 bridgehead atoms. The number of aryl methyl sites for hydroxylation is 2. The van der Waals surface area contributed by atoms with Gasteiger partial charge >= 0.3 is 0 Å². The highest BCUT2D eigenvalue weighted by atomic mass is 16.1. The van der Waals surface area contributed by atoms with Gasteiger partial charge in [-0.15, -0.1) is 0 Å². The van der Waals surface area contributed by atoms with Gasteiger partial charge in [-0.05, 0) is 51.9 Å². The van der Waals surface area contributed by atoms with Gasteiger partial charge < -0.3 is 10.2 Å². The first-order valence-corrected chi connectivity index (χ1v) is 6.63. The number of nitrogens with one attached hydrogen (secondary N) is 1. The lowest BCUT2D eigenvalue weighted by atomic mass is 9.97. The molecule has 0 spiro atoms. The number of hydrogen-bond acceptors (Lipinski definition) is 2. The van der Waals surface area contributed by atoms with Gasteiger partial charge in [0.25, 0.3) is 0 Å². The third-order valence-corrected chi connectivity index (χ3v) is 3.64. The van der Waals surface area contributed by atoms with E-state index in [4.69, 9.17) is 0 Å². The highest BCUT2D eigenvalue weighted by molar-refractivity contribution is 5.93. The second-order valence-electron chi connectivity index (χ2n) is 5.41. The van der Waals surface area contributed by atoms with E-state index in [1.54, 1.807) is 0 Å². The van der Waals surface area contributed by atoms with Gasteiger partial charge in [-0.2, -0.15) is 0 Å². The van der Waals surface area contributed by atoms with Crippen LogP contribution in [0.5, 0.6) is 0 Å². The summed E-state index contributed by atoms with van der Waals surface area (Å²) >= 11 is 0. The maximum Gasteiger partial charge on any atom is 0.228 e. The number of benzene rings is 1. The molecule has 1 heterocycles. The largest absolute Gasteiger partial charge is 0.326 e. The Morgan fingerprint density at radius 3 is 2.83 bits per heavy atom. The summed E-state index contributed by atoms with van der Waals surface area (Å²) in [6.45, 7) is 6.08. The predicted octanol–water partition coefficient (Wildman–Crippen LogP) is 2.58. The monoisotopic (exact) mass is 246 g/mol. The number of amides is 1. The Bertz CT molecular complexity index is 442. The molecular formula is C15H22N2O. The molecular weight excluding hydrogens is 224 g/mol. The van der Waals surface area contributed by atoms with Crippen molar-refractivity contribution in [3.8, 4) is 0 Å². The smallest absolute Gasteiger partial charge is 0.228 e. The summed E-state index contributed by atoms with van der Waals surface area (Å²) in [4.78, 5) is 14.4. The Balaban J connectivity index is 2.02. The molecule has 1 aliphatic rings. The van der Waals surface area contributed by atoms with Crippen LogP contribution in [0.3, 0.4) is 0 Å². The van der Waals surface area contributed by atoms with Gasteiger partial charge in [0.1, 0.15) is 0 Å². The quantitative estimate of drug-likeness (QED) is 0.870. The van der Waals surface area contributed by atoms with Crippen molar-refractivity contribution in [3.63, 3.8) is 0 Å². The van der Waals surface area contributed by atoms with Crippen molar-refractivity contribution in [2.24, 2.45) is 5.92 Å². The van der Waals surface area contributed by atoms with Gasteiger partial charge in [0.05, 0.1) is 5.92 Å². The van der Waals surface area contributed by atoms with Crippen LogP contribution in [0.2, 0.25) is 0 Å². The van der Waals surface area contributed by atoms with Crippen molar-refractivity contribution >= 4 is 11.6 Å². The Kier molecular flexibility index (Phi) is 4.02. The highest BCUT2D eigenvalue weighted by Gasteiger charge is 2.24. The fraction of sp³-hybridized carbons (Fsp3) is 0.533. The van der Waals surface area contributed by atoms with Gasteiger partial charge in [0.15, 0.2) is 0 Å². The van der Waals surface area contributed by atoms with Gasteiger partial charge in [-0.3, -0.25) is 4.79 Å². The SMILES string of the molecule is Cc1ccc(NC(=O)[C@H]2CCCN(C)C2)c(C)c1. The van der Waals surface area contributed by atoms with Crippen molar-refractivity contribution in [2.45, 2.75) is 26.7 Å². The number of hydrogen-bond donors (Lipinski definition) is 1. The molecule has 1 atom stereocenters. The topological polar surface area (TPSA) is 32.3 Å². The predicted molar refractivity (Wildman–Crippen MR) is 74.8 cm³/mol. The molecule has 1 amide bonds. The molecule has 1 N–H and O–H groups in total. The summed E-state index contributed by atoms with van der Waals surface area (Å²) < 4.78 is 0. The molecule has 1 saturated heterocycles. The Morgan fingerprint density at radius 1 is 1.39 bits per heavy atom. The fourth-order valence-corrected chi connectivity index (χ4v) is 2.57. The van der Waals surface area contributed by atoms with E-state index in [1.807, 2.05) is 19.1 Å². The van der Waals surface area contributed by atoms with Crippen LogP contribution in [-0.4, -0.2) is 30.9 Å². The molecule has 0 unspecified atom stereocenters. The van der Waals surface area contributed by atoms with Crippen LogP contribution >= 0.6 is 0 Å². The van der Waals surface area contributed by atoms with Gasteiger partial charge in [-0.1, -0.05) is 17.7 Å². The molecule has 98 valence electrons. The van der Waals surface area contributed by atoms with Crippen molar-refractivity contribution in [3.05, 3.63) is 29.3 Å². The molecule has 0 aliphatic carbocycles. The van der Waals surface area contributed by atoms with Crippen LogP contribution in [0.15, 0.2) is 18.2 Å². The van der Waals surface area contributed by atoms with Gasteiger partial charge in [0, 0.05) is 12.2 Å². The van der Waals surface area contributed by atoms with Crippen molar-refractivity contribution in [1.82, 2.24) is 4.90 Å². The normalized spacial score (nSPS) is 20.7. The lowest BCUT2D eigenvalue weighted by molar-refractivity contribution is -0.121. The van der Waals surface area contributed by atoms with Gasteiger partial charge in [0.2, 0.25) is 5.91 Å². The second-order valence-corrected chi connectivity index (χ2v) is 5.41. The summed E-state index contributed by atoms with van der Waals surface area (Å²) in [5, 5.41) is 3.06. The first-order valence-electron chi connectivity index (χ1n) is 6.63. The fourth-order valence-electron chi connectivity index (χ4n) is 2.57. The molecule has 0 aromatic heterocycles. The van der Waals surface area contributed by atoms with Crippen LogP contribution in [-0.2, 0) is 4.79 Å². The second kappa shape index (κ2) is 5.53. The molecule has 0 saturated carbocycles. The lowest BCUT2D eigenvalue weighted by Gasteiger charge is -2.28. The lowest BCUT2D eigenvalue weighted by Crippen LogP contribution is -2.38. The Hall–Kier alpha value is -1.35. The minimum absolute atomic E-state index is 0.129. The zero-order valence-corrected chi connectivity index (χ0v) is 11.5. The van der Waals surface area contributed by atoms with Crippen molar-refractivity contribution in [1.29, 1.82) is 0 Å². The summed E-state index contributed by atoms with van der Waals surface area (Å²) in [6.07, 6.45) is 2.11. The van der Waals surface area contributed by atoms with E-state index >= 15 is 0 Å². The van der Waals surface area contributed by atoms with Crippen LogP contribution in [0, 0.1) is 19.8 Å². The Labute approximate surface area is 109 Å². The zero-order chi connectivity index (χ0) is 13.1. The van der Waals surface area contributed by atoms with Crippen LogP contribution in [0.1, 0.15) is 24.0 Å². The van der Waals surface area contributed by atoms with Crippen molar-refractivity contribution < 1.29 is 4.79 Å². The number of nitrogens with zero attached hydrogens (tertiary/aromatic N) is 1.